The molecule has 0 fully saturated rings. The molecule has 4 rings (SSSR count). The quantitative estimate of drug-likeness (QED) is 0.787. The van der Waals surface area contributed by atoms with Crippen molar-refractivity contribution in [3.8, 4) is 0 Å². The number of imidazole rings is 1. The van der Waals surface area contributed by atoms with Gasteiger partial charge in [0.25, 0.3) is 0 Å². The molecule has 0 saturated heterocycles. The smallest absolute Gasteiger partial charge is 0.188 e. The number of hydrogen-bond donors (Lipinski definition) is 1. The Morgan fingerprint density at radius 2 is 2.13 bits per heavy atom. The molecule has 0 radical (unpaired) electrons. The van der Waals surface area contributed by atoms with Crippen molar-refractivity contribution in [3.63, 3.8) is 0 Å². The summed E-state index contributed by atoms with van der Waals surface area (Å²) in [5.74, 6) is 0.424. The maximum atomic E-state index is 13.3. The molecule has 118 valence electrons. The fourth-order valence-corrected chi connectivity index (χ4v) is 3.08. The Morgan fingerprint density at radius 1 is 1.30 bits per heavy atom. The number of nitrogens with zero attached hydrogens (tertiary/aromatic N) is 6. The second-order valence-corrected chi connectivity index (χ2v) is 5.64. The maximum absolute atomic E-state index is 13.3. The number of H-pyrrole nitrogens is 1. The molecule has 8 heteroatoms. The summed E-state index contributed by atoms with van der Waals surface area (Å²) in [7, 11) is 1.75. The second kappa shape index (κ2) is 5.54. The molecule has 0 amide bonds. The summed E-state index contributed by atoms with van der Waals surface area (Å²) in [5.41, 5.74) is 3.11. The lowest BCUT2D eigenvalue weighted by atomic mass is 9.95. The molecule has 3 aromatic rings. The van der Waals surface area contributed by atoms with Crippen molar-refractivity contribution in [1.82, 2.24) is 35.1 Å². The summed E-state index contributed by atoms with van der Waals surface area (Å²) in [6.45, 7) is 1.41. The molecule has 1 atom stereocenters. The van der Waals surface area contributed by atoms with Gasteiger partial charge < -0.3 is 4.98 Å². The number of aromatic nitrogens is 6. The minimum atomic E-state index is -0.242. The first-order valence-corrected chi connectivity index (χ1v) is 7.45. The van der Waals surface area contributed by atoms with Crippen molar-refractivity contribution in [3.05, 3.63) is 59.2 Å². The number of aromatic amines is 1. The van der Waals surface area contributed by atoms with Crippen LogP contribution in [0.4, 0.5) is 4.39 Å². The average Bonchev–Trinajstić information content (AvgIpc) is 3.17. The van der Waals surface area contributed by atoms with Crippen LogP contribution in [-0.4, -0.2) is 41.6 Å². The normalized spacial score (nSPS) is 18.1. The molecule has 1 aromatic carbocycles. The van der Waals surface area contributed by atoms with E-state index in [0.717, 1.165) is 29.9 Å². The van der Waals surface area contributed by atoms with E-state index in [1.54, 1.807) is 25.5 Å². The monoisotopic (exact) mass is 313 g/mol. The van der Waals surface area contributed by atoms with E-state index in [1.807, 2.05) is 0 Å². The van der Waals surface area contributed by atoms with E-state index in [2.05, 4.69) is 30.3 Å². The fraction of sp³-hybridized carbons (Fsp3) is 0.333. The summed E-state index contributed by atoms with van der Waals surface area (Å²) in [6.07, 6.45) is 2.60. The van der Waals surface area contributed by atoms with E-state index in [0.29, 0.717) is 12.4 Å². The van der Waals surface area contributed by atoms with Crippen molar-refractivity contribution in [2.75, 3.05) is 6.54 Å². The molecule has 1 N–H and O–H groups in total. The van der Waals surface area contributed by atoms with Gasteiger partial charge in [-0.3, -0.25) is 4.90 Å². The van der Waals surface area contributed by atoms with Gasteiger partial charge in [0.05, 0.1) is 31.7 Å². The highest BCUT2D eigenvalue weighted by Crippen LogP contribution is 2.33. The fourth-order valence-electron chi connectivity index (χ4n) is 3.08. The Hall–Kier alpha value is -2.61. The Morgan fingerprint density at radius 3 is 2.87 bits per heavy atom. The number of tetrazole rings is 1. The molecule has 7 nitrogen and oxygen atoms in total. The number of rotatable bonds is 3. The Bertz CT molecular complexity index is 807. The molecular weight excluding hydrogens is 297 g/mol. The molecule has 1 aliphatic heterocycles. The van der Waals surface area contributed by atoms with Crippen LogP contribution in [0.3, 0.4) is 0 Å². The standard InChI is InChI=1S/C15H16FN7/c1-22-20-13(19-21-22)8-23-7-6-12-14(18-9-17-12)15(23)10-2-4-11(16)5-3-10/h2-5,9,15H,6-8H2,1H3,(H,17,18). The highest BCUT2D eigenvalue weighted by molar-refractivity contribution is 5.32. The number of benzene rings is 1. The first-order chi connectivity index (χ1) is 11.2. The van der Waals surface area contributed by atoms with E-state index >= 15 is 0 Å². The van der Waals surface area contributed by atoms with E-state index < -0.39 is 0 Å². The van der Waals surface area contributed by atoms with Gasteiger partial charge in [0.15, 0.2) is 5.82 Å². The SMILES string of the molecule is Cn1nnc(CN2CCc3[nH]cnc3C2c2ccc(F)cc2)n1. The molecule has 2 aromatic heterocycles. The van der Waals surface area contributed by atoms with Crippen molar-refractivity contribution >= 4 is 0 Å². The number of fused-ring (bicyclic) bond motifs is 1. The van der Waals surface area contributed by atoms with Crippen molar-refractivity contribution in [1.29, 1.82) is 0 Å². The van der Waals surface area contributed by atoms with Crippen molar-refractivity contribution in [2.45, 2.75) is 19.0 Å². The lowest BCUT2D eigenvalue weighted by Crippen LogP contribution is -2.36. The van der Waals surface area contributed by atoms with Crippen molar-refractivity contribution < 1.29 is 4.39 Å². The van der Waals surface area contributed by atoms with Crippen LogP contribution in [0.15, 0.2) is 30.6 Å². The number of nitrogens with one attached hydrogen (secondary N) is 1. The first-order valence-electron chi connectivity index (χ1n) is 7.45. The number of halogens is 1. The van der Waals surface area contributed by atoms with Gasteiger partial charge in [-0.25, -0.2) is 9.37 Å². The van der Waals surface area contributed by atoms with Gasteiger partial charge in [0.2, 0.25) is 0 Å². The summed E-state index contributed by atoms with van der Waals surface area (Å²) in [5, 5.41) is 12.2. The first kappa shape index (κ1) is 14.0. The molecule has 3 heterocycles. The molecule has 0 bridgehead atoms. The Balaban J connectivity index is 1.71. The largest absolute Gasteiger partial charge is 0.348 e. The minimum absolute atomic E-state index is 0.0468. The molecule has 1 unspecified atom stereocenters. The second-order valence-electron chi connectivity index (χ2n) is 5.64. The maximum Gasteiger partial charge on any atom is 0.188 e. The van der Waals surface area contributed by atoms with E-state index in [4.69, 9.17) is 0 Å². The van der Waals surface area contributed by atoms with Gasteiger partial charge >= 0.3 is 0 Å². The third-order valence-corrected chi connectivity index (χ3v) is 4.10. The van der Waals surface area contributed by atoms with E-state index in [-0.39, 0.29) is 11.9 Å². The van der Waals surface area contributed by atoms with Gasteiger partial charge in [-0.2, -0.15) is 4.80 Å². The Kier molecular flexibility index (Phi) is 3.38. The molecule has 0 saturated carbocycles. The van der Waals surface area contributed by atoms with Gasteiger partial charge in [-0.1, -0.05) is 12.1 Å². The van der Waals surface area contributed by atoms with Crippen molar-refractivity contribution in [2.24, 2.45) is 7.05 Å². The van der Waals surface area contributed by atoms with Gasteiger partial charge in [-0.15, -0.1) is 10.2 Å². The number of hydrogen-bond acceptors (Lipinski definition) is 5. The van der Waals surface area contributed by atoms with Crippen LogP contribution in [0.5, 0.6) is 0 Å². The highest BCUT2D eigenvalue weighted by atomic mass is 19.1. The summed E-state index contributed by atoms with van der Waals surface area (Å²) in [6, 6.07) is 6.53. The zero-order valence-corrected chi connectivity index (χ0v) is 12.6. The van der Waals surface area contributed by atoms with Gasteiger partial charge in [0.1, 0.15) is 5.82 Å². The third-order valence-electron chi connectivity index (χ3n) is 4.10. The van der Waals surface area contributed by atoms with Crippen LogP contribution in [0.25, 0.3) is 0 Å². The number of aryl methyl sites for hydroxylation is 1. The zero-order valence-electron chi connectivity index (χ0n) is 12.6. The molecule has 0 aliphatic carbocycles. The molecule has 23 heavy (non-hydrogen) atoms. The summed E-state index contributed by atoms with van der Waals surface area (Å²) < 4.78 is 13.3. The Labute approximate surface area is 132 Å². The highest BCUT2D eigenvalue weighted by Gasteiger charge is 2.31. The van der Waals surface area contributed by atoms with Crippen LogP contribution in [0.1, 0.15) is 28.8 Å². The predicted molar refractivity (Wildman–Crippen MR) is 79.7 cm³/mol. The van der Waals surface area contributed by atoms with E-state index in [1.165, 1.54) is 16.9 Å². The lowest BCUT2D eigenvalue weighted by molar-refractivity contribution is 0.195. The van der Waals surface area contributed by atoms with E-state index in [9.17, 15) is 4.39 Å². The van der Waals surface area contributed by atoms with Crippen LogP contribution >= 0.6 is 0 Å². The third kappa shape index (κ3) is 2.61. The molecule has 0 spiro atoms. The van der Waals surface area contributed by atoms with Crippen LogP contribution in [0.2, 0.25) is 0 Å². The topological polar surface area (TPSA) is 75.5 Å². The average molecular weight is 313 g/mol. The summed E-state index contributed by atoms with van der Waals surface area (Å²) >= 11 is 0. The lowest BCUT2D eigenvalue weighted by Gasteiger charge is -2.34. The van der Waals surface area contributed by atoms with Crippen LogP contribution in [0, 0.1) is 5.82 Å². The minimum Gasteiger partial charge on any atom is -0.348 e. The van der Waals surface area contributed by atoms with Crippen LogP contribution in [-0.2, 0) is 20.0 Å². The molecular formula is C15H16FN7. The van der Waals surface area contributed by atoms with Crippen LogP contribution < -0.4 is 0 Å². The summed E-state index contributed by atoms with van der Waals surface area (Å²) in [4.78, 5) is 11.4. The predicted octanol–water partition coefficient (Wildman–Crippen LogP) is 1.22. The zero-order chi connectivity index (χ0) is 15.8. The van der Waals surface area contributed by atoms with Gasteiger partial charge in [0, 0.05) is 18.7 Å². The van der Waals surface area contributed by atoms with Gasteiger partial charge in [-0.05, 0) is 22.9 Å². The molecule has 1 aliphatic rings.